The standard InChI is InChI=1S/C12H12BrNO2/c1-8-5-9(6-10(13)11(8)16)12(14-7-15)3-2-4-12/h5-6,16H,2-4H2,1H3. The Morgan fingerprint density at radius 3 is 2.62 bits per heavy atom. The second kappa shape index (κ2) is 4.04. The normalized spacial score (nSPS) is 17.4. The van der Waals surface area contributed by atoms with Crippen LogP contribution < -0.4 is 0 Å². The molecule has 0 heterocycles. The molecule has 0 spiro atoms. The molecule has 0 bridgehead atoms. The summed E-state index contributed by atoms with van der Waals surface area (Å²) in [5.74, 6) is 0.244. The van der Waals surface area contributed by atoms with Gasteiger partial charge in [-0.05, 0) is 65.4 Å². The van der Waals surface area contributed by atoms with Crippen LogP contribution in [0.2, 0.25) is 0 Å². The third-order valence-electron chi connectivity index (χ3n) is 3.23. The highest BCUT2D eigenvalue weighted by Crippen LogP contribution is 2.46. The van der Waals surface area contributed by atoms with E-state index in [0.717, 1.165) is 30.4 Å². The molecule has 1 aromatic carbocycles. The molecule has 0 atom stereocenters. The van der Waals surface area contributed by atoms with E-state index in [1.807, 2.05) is 19.1 Å². The first-order valence-corrected chi connectivity index (χ1v) is 5.97. The van der Waals surface area contributed by atoms with Crippen molar-refractivity contribution in [2.24, 2.45) is 4.99 Å². The highest BCUT2D eigenvalue weighted by Gasteiger charge is 2.39. The molecule has 1 saturated carbocycles. The summed E-state index contributed by atoms with van der Waals surface area (Å²) >= 11 is 3.30. The number of halogens is 1. The predicted molar refractivity (Wildman–Crippen MR) is 64.2 cm³/mol. The number of aryl methyl sites for hydroxylation is 1. The van der Waals surface area contributed by atoms with E-state index in [1.54, 1.807) is 6.08 Å². The van der Waals surface area contributed by atoms with E-state index in [2.05, 4.69) is 20.9 Å². The van der Waals surface area contributed by atoms with E-state index in [1.165, 1.54) is 0 Å². The van der Waals surface area contributed by atoms with Crippen LogP contribution in [0.5, 0.6) is 5.75 Å². The van der Waals surface area contributed by atoms with Crippen LogP contribution in [0.4, 0.5) is 0 Å². The average Bonchev–Trinajstić information content (AvgIpc) is 2.19. The third-order valence-corrected chi connectivity index (χ3v) is 3.84. The number of carbonyl (C=O) groups excluding carboxylic acids is 1. The highest BCUT2D eigenvalue weighted by atomic mass is 79.9. The largest absolute Gasteiger partial charge is 0.506 e. The summed E-state index contributed by atoms with van der Waals surface area (Å²) in [6.07, 6.45) is 4.48. The maximum Gasteiger partial charge on any atom is 0.235 e. The van der Waals surface area contributed by atoms with Gasteiger partial charge in [0.1, 0.15) is 5.75 Å². The molecule has 84 valence electrons. The maximum atomic E-state index is 10.5. The Morgan fingerprint density at radius 1 is 1.50 bits per heavy atom. The van der Waals surface area contributed by atoms with Gasteiger partial charge < -0.3 is 5.11 Å². The van der Waals surface area contributed by atoms with Gasteiger partial charge in [0.25, 0.3) is 0 Å². The Bertz CT molecular complexity index is 451. The Kier molecular flexibility index (Phi) is 2.87. The third kappa shape index (κ3) is 1.68. The van der Waals surface area contributed by atoms with E-state index in [0.29, 0.717) is 4.47 Å². The van der Waals surface area contributed by atoms with Crippen molar-refractivity contribution in [2.45, 2.75) is 31.7 Å². The molecule has 1 N–H and O–H groups in total. The molecule has 16 heavy (non-hydrogen) atoms. The van der Waals surface area contributed by atoms with E-state index >= 15 is 0 Å². The summed E-state index contributed by atoms with van der Waals surface area (Å²) < 4.78 is 0.648. The number of rotatable bonds is 2. The van der Waals surface area contributed by atoms with Crippen LogP contribution >= 0.6 is 15.9 Å². The number of aromatic hydroxyl groups is 1. The number of hydrogen-bond donors (Lipinski definition) is 1. The predicted octanol–water partition coefficient (Wildman–Crippen LogP) is 3.18. The minimum atomic E-state index is -0.400. The number of phenols is 1. The van der Waals surface area contributed by atoms with Crippen LogP contribution in [0.1, 0.15) is 30.4 Å². The van der Waals surface area contributed by atoms with Crippen molar-refractivity contribution in [3.63, 3.8) is 0 Å². The molecular weight excluding hydrogens is 270 g/mol. The fraction of sp³-hybridized carbons (Fsp3) is 0.417. The van der Waals surface area contributed by atoms with Crippen LogP contribution in [0, 0.1) is 6.92 Å². The van der Waals surface area contributed by atoms with Crippen molar-refractivity contribution in [3.8, 4) is 5.75 Å². The van der Waals surface area contributed by atoms with Crippen LogP contribution in [-0.2, 0) is 10.3 Å². The van der Waals surface area contributed by atoms with Gasteiger partial charge in [-0.3, -0.25) is 0 Å². The molecule has 1 aliphatic rings. The van der Waals surface area contributed by atoms with Crippen molar-refractivity contribution in [1.82, 2.24) is 0 Å². The molecule has 3 nitrogen and oxygen atoms in total. The van der Waals surface area contributed by atoms with Crippen molar-refractivity contribution in [3.05, 3.63) is 27.7 Å². The number of isocyanates is 1. The monoisotopic (exact) mass is 281 g/mol. The first kappa shape index (κ1) is 11.4. The van der Waals surface area contributed by atoms with Gasteiger partial charge in [0.15, 0.2) is 0 Å². The molecule has 1 aliphatic carbocycles. The molecule has 4 heteroatoms. The summed E-state index contributed by atoms with van der Waals surface area (Å²) in [5, 5.41) is 9.66. The fourth-order valence-corrected chi connectivity index (χ4v) is 2.63. The van der Waals surface area contributed by atoms with Gasteiger partial charge in [-0.2, -0.15) is 4.99 Å². The molecular formula is C12H12BrNO2. The van der Waals surface area contributed by atoms with E-state index in [9.17, 15) is 9.90 Å². The molecule has 0 radical (unpaired) electrons. The van der Waals surface area contributed by atoms with E-state index in [4.69, 9.17) is 0 Å². The van der Waals surface area contributed by atoms with Crippen molar-refractivity contribution < 1.29 is 9.90 Å². The summed E-state index contributed by atoms with van der Waals surface area (Å²) in [4.78, 5) is 14.4. The Hall–Kier alpha value is -1.12. The quantitative estimate of drug-likeness (QED) is 0.669. The number of nitrogens with zero attached hydrogens (tertiary/aromatic N) is 1. The lowest BCUT2D eigenvalue weighted by Crippen LogP contribution is -2.31. The van der Waals surface area contributed by atoms with E-state index in [-0.39, 0.29) is 5.75 Å². The first-order valence-electron chi connectivity index (χ1n) is 5.18. The average molecular weight is 282 g/mol. The van der Waals surface area contributed by atoms with Gasteiger partial charge in [0.05, 0.1) is 10.0 Å². The van der Waals surface area contributed by atoms with Crippen LogP contribution in [0.25, 0.3) is 0 Å². The number of aliphatic imine (C=N–C) groups is 1. The van der Waals surface area contributed by atoms with Gasteiger partial charge in [-0.25, -0.2) is 4.79 Å². The van der Waals surface area contributed by atoms with E-state index < -0.39 is 5.54 Å². The number of benzene rings is 1. The minimum absolute atomic E-state index is 0.244. The topological polar surface area (TPSA) is 49.7 Å². The van der Waals surface area contributed by atoms with Gasteiger partial charge in [-0.1, -0.05) is 0 Å². The zero-order chi connectivity index (χ0) is 11.8. The van der Waals surface area contributed by atoms with Gasteiger partial charge in [-0.15, -0.1) is 0 Å². The maximum absolute atomic E-state index is 10.5. The second-order valence-corrected chi connectivity index (χ2v) is 5.07. The molecule has 0 aromatic heterocycles. The fourth-order valence-electron chi connectivity index (χ4n) is 2.07. The molecule has 0 amide bonds. The molecule has 0 aliphatic heterocycles. The Labute approximate surface area is 102 Å². The zero-order valence-electron chi connectivity index (χ0n) is 8.96. The molecule has 1 fully saturated rings. The second-order valence-electron chi connectivity index (χ2n) is 4.21. The molecule has 2 rings (SSSR count). The van der Waals surface area contributed by atoms with Gasteiger partial charge in [0, 0.05) is 0 Å². The van der Waals surface area contributed by atoms with Gasteiger partial charge in [0.2, 0.25) is 6.08 Å². The summed E-state index contributed by atoms with van der Waals surface area (Å²) in [6.45, 7) is 1.83. The summed E-state index contributed by atoms with van der Waals surface area (Å²) in [5.41, 5.74) is 1.36. The number of phenolic OH excluding ortho intramolecular Hbond substituents is 1. The number of hydrogen-bond acceptors (Lipinski definition) is 3. The Balaban J connectivity index is 2.51. The lowest BCUT2D eigenvalue weighted by atomic mass is 9.72. The van der Waals surface area contributed by atoms with Crippen molar-refractivity contribution in [1.29, 1.82) is 0 Å². The summed E-state index contributed by atoms with van der Waals surface area (Å²) in [6, 6.07) is 3.72. The first-order chi connectivity index (χ1) is 7.59. The Morgan fingerprint density at radius 2 is 2.19 bits per heavy atom. The van der Waals surface area contributed by atoms with Crippen LogP contribution in [0.15, 0.2) is 21.6 Å². The molecule has 1 aromatic rings. The minimum Gasteiger partial charge on any atom is -0.506 e. The van der Waals surface area contributed by atoms with Gasteiger partial charge >= 0.3 is 0 Å². The smallest absolute Gasteiger partial charge is 0.235 e. The highest BCUT2D eigenvalue weighted by molar-refractivity contribution is 9.10. The summed E-state index contributed by atoms with van der Waals surface area (Å²) in [7, 11) is 0. The lowest BCUT2D eigenvalue weighted by Gasteiger charge is -2.37. The molecule has 0 unspecified atom stereocenters. The molecule has 0 saturated heterocycles. The van der Waals surface area contributed by atoms with Crippen molar-refractivity contribution in [2.75, 3.05) is 0 Å². The SMILES string of the molecule is Cc1cc(C2(N=C=O)CCC2)cc(Br)c1O. The van der Waals surface area contributed by atoms with Crippen molar-refractivity contribution >= 4 is 22.0 Å². The van der Waals surface area contributed by atoms with Crippen LogP contribution in [-0.4, -0.2) is 11.2 Å². The lowest BCUT2D eigenvalue weighted by molar-refractivity contribution is 0.255. The zero-order valence-corrected chi connectivity index (χ0v) is 10.5. The van der Waals surface area contributed by atoms with Crippen LogP contribution in [0.3, 0.4) is 0 Å².